The van der Waals surface area contributed by atoms with Gasteiger partial charge in [-0.15, -0.1) is 5.10 Å². The summed E-state index contributed by atoms with van der Waals surface area (Å²) in [5.74, 6) is 0.672. The maximum absolute atomic E-state index is 14.3. The molecule has 3 aromatic carbocycles. The van der Waals surface area contributed by atoms with Crippen LogP contribution in [0.3, 0.4) is 0 Å². The number of aromatic nitrogens is 3. The highest BCUT2D eigenvalue weighted by molar-refractivity contribution is 6.02. The molecule has 210 valence electrons. The zero-order valence-electron chi connectivity index (χ0n) is 23.7. The van der Waals surface area contributed by atoms with E-state index in [0.29, 0.717) is 46.0 Å². The molecular formula is C30H35N5O5. The van der Waals surface area contributed by atoms with E-state index in [-0.39, 0.29) is 18.4 Å². The maximum Gasteiger partial charge on any atom is 0.249 e. The molecule has 0 bridgehead atoms. The summed E-state index contributed by atoms with van der Waals surface area (Å²) in [5, 5.41) is 11.5. The van der Waals surface area contributed by atoms with Gasteiger partial charge in [-0.3, -0.25) is 14.5 Å². The van der Waals surface area contributed by atoms with Crippen molar-refractivity contribution in [3.05, 3.63) is 72.3 Å². The van der Waals surface area contributed by atoms with Crippen molar-refractivity contribution in [2.75, 3.05) is 26.2 Å². The summed E-state index contributed by atoms with van der Waals surface area (Å²) in [6.07, 6.45) is 0.683. The standard InChI is InChI=1S/C30H35N5O5/c1-7-30(2,3)31-29(37)27(22-11-10-14-25(39-5)28(22)40-6)35(20-15-17-21(38-4)18-16-20)26(36)19-34-24-13-9-8-12-23(24)32-33-34/h8-18,27H,7,19H2,1-6H3,(H,31,37)/t27-/m1/s1. The van der Waals surface area contributed by atoms with E-state index in [4.69, 9.17) is 14.2 Å². The number of methoxy groups -OCH3 is 3. The molecule has 1 heterocycles. The molecule has 40 heavy (non-hydrogen) atoms. The number of hydrogen-bond donors (Lipinski definition) is 1. The van der Waals surface area contributed by atoms with Gasteiger partial charge in [0.25, 0.3) is 0 Å². The number of nitrogens with zero attached hydrogens (tertiary/aromatic N) is 4. The molecule has 0 saturated heterocycles. The number of carbonyl (C=O) groups excluding carboxylic acids is 2. The van der Waals surface area contributed by atoms with Gasteiger partial charge in [0.15, 0.2) is 11.5 Å². The number of carbonyl (C=O) groups is 2. The summed E-state index contributed by atoms with van der Waals surface area (Å²) in [6, 6.07) is 18.5. The van der Waals surface area contributed by atoms with Gasteiger partial charge in [0, 0.05) is 16.8 Å². The second-order valence-electron chi connectivity index (χ2n) is 9.91. The lowest BCUT2D eigenvalue weighted by Crippen LogP contribution is -2.51. The highest BCUT2D eigenvalue weighted by Crippen LogP contribution is 2.39. The van der Waals surface area contributed by atoms with Crippen LogP contribution >= 0.6 is 0 Å². The Morgan fingerprint density at radius 1 is 0.950 bits per heavy atom. The minimum Gasteiger partial charge on any atom is -0.497 e. The number of rotatable bonds is 11. The van der Waals surface area contributed by atoms with Gasteiger partial charge in [-0.2, -0.15) is 0 Å². The Morgan fingerprint density at radius 3 is 2.33 bits per heavy atom. The summed E-state index contributed by atoms with van der Waals surface area (Å²) in [7, 11) is 4.60. The van der Waals surface area contributed by atoms with Crippen LogP contribution in [0.4, 0.5) is 5.69 Å². The van der Waals surface area contributed by atoms with Crippen molar-refractivity contribution >= 4 is 28.5 Å². The van der Waals surface area contributed by atoms with Crippen molar-refractivity contribution < 1.29 is 23.8 Å². The van der Waals surface area contributed by atoms with Gasteiger partial charge in [0.1, 0.15) is 23.9 Å². The van der Waals surface area contributed by atoms with Crippen LogP contribution in [-0.4, -0.2) is 53.7 Å². The van der Waals surface area contributed by atoms with E-state index >= 15 is 0 Å². The number of hydrogen-bond acceptors (Lipinski definition) is 7. The summed E-state index contributed by atoms with van der Waals surface area (Å²) < 4.78 is 18.1. The topological polar surface area (TPSA) is 108 Å². The van der Waals surface area contributed by atoms with Crippen LogP contribution in [0, 0.1) is 0 Å². The molecule has 0 unspecified atom stereocenters. The molecule has 0 aliphatic rings. The number of ether oxygens (including phenoxy) is 3. The summed E-state index contributed by atoms with van der Waals surface area (Å²) in [6.45, 7) is 5.71. The van der Waals surface area contributed by atoms with Crippen molar-refractivity contribution in [1.82, 2.24) is 20.3 Å². The highest BCUT2D eigenvalue weighted by atomic mass is 16.5. The van der Waals surface area contributed by atoms with E-state index < -0.39 is 11.6 Å². The Bertz CT molecular complexity index is 1480. The molecule has 1 aromatic heterocycles. The van der Waals surface area contributed by atoms with E-state index in [1.807, 2.05) is 45.0 Å². The lowest BCUT2D eigenvalue weighted by atomic mass is 9.97. The maximum atomic E-state index is 14.3. The van der Waals surface area contributed by atoms with Gasteiger partial charge in [-0.05, 0) is 62.7 Å². The molecule has 0 spiro atoms. The van der Waals surface area contributed by atoms with E-state index in [1.165, 1.54) is 23.8 Å². The van der Waals surface area contributed by atoms with Crippen molar-refractivity contribution in [2.24, 2.45) is 0 Å². The zero-order chi connectivity index (χ0) is 28.9. The fourth-order valence-electron chi connectivity index (χ4n) is 4.43. The van der Waals surface area contributed by atoms with E-state index in [0.717, 1.165) is 0 Å². The Labute approximate surface area is 233 Å². The second kappa shape index (κ2) is 12.1. The van der Waals surface area contributed by atoms with Crippen molar-refractivity contribution in [3.8, 4) is 17.2 Å². The van der Waals surface area contributed by atoms with Gasteiger partial charge < -0.3 is 19.5 Å². The molecule has 0 saturated carbocycles. The molecule has 4 aromatic rings. The van der Waals surface area contributed by atoms with E-state index in [2.05, 4.69) is 15.6 Å². The first kappa shape index (κ1) is 28.4. The Morgan fingerprint density at radius 2 is 1.68 bits per heavy atom. The predicted molar refractivity (Wildman–Crippen MR) is 153 cm³/mol. The molecule has 0 fully saturated rings. The van der Waals surface area contributed by atoms with Crippen LogP contribution < -0.4 is 24.4 Å². The zero-order valence-corrected chi connectivity index (χ0v) is 23.7. The van der Waals surface area contributed by atoms with Crippen LogP contribution in [0.5, 0.6) is 17.2 Å². The molecule has 2 amide bonds. The Balaban J connectivity index is 1.90. The SMILES string of the molecule is CCC(C)(C)NC(=O)[C@@H](c1cccc(OC)c1OC)N(C(=O)Cn1nnc2ccccc21)c1ccc(OC)cc1. The highest BCUT2D eigenvalue weighted by Gasteiger charge is 2.37. The second-order valence-corrected chi connectivity index (χ2v) is 9.91. The Kier molecular flexibility index (Phi) is 8.57. The minimum atomic E-state index is -1.11. The fraction of sp³-hybridized carbons (Fsp3) is 0.333. The van der Waals surface area contributed by atoms with Crippen LogP contribution in [0.2, 0.25) is 0 Å². The third-order valence-electron chi connectivity index (χ3n) is 6.90. The third-order valence-corrected chi connectivity index (χ3v) is 6.90. The third kappa shape index (κ3) is 5.85. The number of fused-ring (bicyclic) bond motifs is 1. The quantitative estimate of drug-likeness (QED) is 0.295. The molecule has 10 heteroatoms. The number of benzene rings is 3. The van der Waals surface area contributed by atoms with Gasteiger partial charge in [0.2, 0.25) is 11.8 Å². The largest absolute Gasteiger partial charge is 0.497 e. The summed E-state index contributed by atoms with van der Waals surface area (Å²) in [4.78, 5) is 29.9. The number of anilines is 1. The van der Waals surface area contributed by atoms with E-state index in [1.54, 1.807) is 49.6 Å². The molecule has 4 rings (SSSR count). The van der Waals surface area contributed by atoms with Crippen molar-refractivity contribution in [3.63, 3.8) is 0 Å². The molecule has 1 N–H and O–H groups in total. The van der Waals surface area contributed by atoms with Crippen LogP contribution in [-0.2, 0) is 16.1 Å². The van der Waals surface area contributed by atoms with Crippen LogP contribution in [0.25, 0.3) is 11.0 Å². The fourth-order valence-corrected chi connectivity index (χ4v) is 4.43. The van der Waals surface area contributed by atoms with E-state index in [9.17, 15) is 9.59 Å². The number of amides is 2. The number of para-hydroxylation sites is 2. The van der Waals surface area contributed by atoms with Gasteiger partial charge >= 0.3 is 0 Å². The van der Waals surface area contributed by atoms with Gasteiger partial charge in [0.05, 0.1) is 26.8 Å². The first-order chi connectivity index (χ1) is 19.2. The van der Waals surface area contributed by atoms with Crippen LogP contribution in [0.15, 0.2) is 66.7 Å². The molecular weight excluding hydrogens is 510 g/mol. The smallest absolute Gasteiger partial charge is 0.249 e. The molecule has 0 radical (unpaired) electrons. The van der Waals surface area contributed by atoms with Crippen molar-refractivity contribution in [2.45, 2.75) is 45.3 Å². The minimum absolute atomic E-state index is 0.153. The first-order valence-electron chi connectivity index (χ1n) is 13.0. The van der Waals surface area contributed by atoms with Gasteiger partial charge in [-0.1, -0.05) is 36.4 Å². The molecule has 1 atom stereocenters. The average Bonchev–Trinajstić information content (AvgIpc) is 3.37. The Hall–Kier alpha value is -4.60. The first-order valence-corrected chi connectivity index (χ1v) is 13.0. The van der Waals surface area contributed by atoms with Crippen molar-refractivity contribution in [1.29, 1.82) is 0 Å². The van der Waals surface area contributed by atoms with Gasteiger partial charge in [-0.25, -0.2) is 4.68 Å². The lowest BCUT2D eigenvalue weighted by Gasteiger charge is -2.35. The summed E-state index contributed by atoms with van der Waals surface area (Å²) >= 11 is 0. The molecule has 0 aliphatic carbocycles. The number of nitrogens with one attached hydrogen (secondary N) is 1. The lowest BCUT2D eigenvalue weighted by molar-refractivity contribution is -0.128. The normalized spacial score (nSPS) is 12.1. The summed E-state index contributed by atoms with van der Waals surface area (Å²) in [5.41, 5.74) is 1.81. The predicted octanol–water partition coefficient (Wildman–Crippen LogP) is 4.54. The molecule has 10 nitrogen and oxygen atoms in total. The molecule has 0 aliphatic heterocycles. The average molecular weight is 546 g/mol. The van der Waals surface area contributed by atoms with Crippen LogP contribution in [0.1, 0.15) is 38.8 Å². The monoisotopic (exact) mass is 545 g/mol.